The summed E-state index contributed by atoms with van der Waals surface area (Å²) in [7, 11) is 1.80. The summed E-state index contributed by atoms with van der Waals surface area (Å²) >= 11 is 0. The predicted octanol–water partition coefficient (Wildman–Crippen LogP) is 5.12. The Labute approximate surface area is 154 Å². The maximum atomic E-state index is 12.9. The van der Waals surface area contributed by atoms with E-state index in [2.05, 4.69) is 10.3 Å². The Bertz CT molecular complexity index is 942. The van der Waals surface area contributed by atoms with Gasteiger partial charge in [0.25, 0.3) is 5.91 Å². The lowest BCUT2D eigenvalue weighted by molar-refractivity contribution is -0.137. The summed E-state index contributed by atoms with van der Waals surface area (Å²) in [4.78, 5) is 18.5. The van der Waals surface area contributed by atoms with Crippen LogP contribution < -0.4 is 10.2 Å². The number of hydrogen-bond donors (Lipinski definition) is 1. The number of hydrogen-bond acceptors (Lipinski definition) is 3. The van der Waals surface area contributed by atoms with Gasteiger partial charge in [-0.3, -0.25) is 9.78 Å². The van der Waals surface area contributed by atoms with Crippen LogP contribution in [0.15, 0.2) is 73.1 Å². The Morgan fingerprint density at radius 3 is 2.41 bits per heavy atom. The molecule has 0 unspecified atom stereocenters. The number of carbonyl (C=O) groups is 1. The van der Waals surface area contributed by atoms with Crippen LogP contribution in [-0.2, 0) is 6.18 Å². The van der Waals surface area contributed by atoms with Gasteiger partial charge in [-0.25, -0.2) is 0 Å². The Morgan fingerprint density at radius 2 is 1.70 bits per heavy atom. The zero-order valence-corrected chi connectivity index (χ0v) is 14.4. The third kappa shape index (κ3) is 4.25. The van der Waals surface area contributed by atoms with Gasteiger partial charge >= 0.3 is 6.18 Å². The van der Waals surface area contributed by atoms with E-state index < -0.39 is 17.6 Å². The molecule has 1 N–H and O–H groups in total. The molecule has 0 aliphatic carbocycles. The van der Waals surface area contributed by atoms with Crippen LogP contribution in [0.1, 0.15) is 15.9 Å². The van der Waals surface area contributed by atoms with Gasteiger partial charge in [0.1, 0.15) is 0 Å². The van der Waals surface area contributed by atoms with Gasteiger partial charge in [-0.2, -0.15) is 13.2 Å². The van der Waals surface area contributed by atoms with Crippen LogP contribution in [0.2, 0.25) is 0 Å². The van der Waals surface area contributed by atoms with Crippen LogP contribution in [0.3, 0.4) is 0 Å². The van der Waals surface area contributed by atoms with Crippen molar-refractivity contribution in [1.82, 2.24) is 4.98 Å². The van der Waals surface area contributed by atoms with Crippen molar-refractivity contribution >= 4 is 23.0 Å². The molecular weight excluding hydrogens is 355 g/mol. The summed E-state index contributed by atoms with van der Waals surface area (Å²) in [6.07, 6.45) is -1.20. The van der Waals surface area contributed by atoms with Gasteiger partial charge in [-0.15, -0.1) is 0 Å². The first-order valence-corrected chi connectivity index (χ1v) is 8.07. The highest BCUT2D eigenvalue weighted by molar-refractivity contribution is 6.08. The molecule has 0 radical (unpaired) electrons. The Morgan fingerprint density at radius 1 is 1.00 bits per heavy atom. The van der Waals surface area contributed by atoms with Crippen LogP contribution in [0.4, 0.5) is 30.2 Å². The summed E-state index contributed by atoms with van der Waals surface area (Å²) in [5.74, 6) is -0.495. The number of anilines is 3. The van der Waals surface area contributed by atoms with E-state index in [-0.39, 0.29) is 5.69 Å². The fraction of sp³-hybridized carbons (Fsp3) is 0.100. The molecule has 0 aliphatic rings. The van der Waals surface area contributed by atoms with Crippen LogP contribution in [0.25, 0.3) is 0 Å². The molecule has 2 aromatic carbocycles. The molecule has 0 bridgehead atoms. The number of benzene rings is 2. The highest BCUT2D eigenvalue weighted by Crippen LogP contribution is 2.31. The van der Waals surface area contributed by atoms with Gasteiger partial charge in [-0.1, -0.05) is 18.2 Å². The molecule has 0 saturated heterocycles. The van der Waals surface area contributed by atoms with Gasteiger partial charge in [0.15, 0.2) is 0 Å². The number of alkyl halides is 3. The predicted molar refractivity (Wildman–Crippen MR) is 98.1 cm³/mol. The number of aromatic nitrogens is 1. The molecule has 27 heavy (non-hydrogen) atoms. The Hall–Kier alpha value is -3.35. The van der Waals surface area contributed by atoms with Gasteiger partial charge in [0.2, 0.25) is 0 Å². The number of para-hydroxylation sites is 1. The second kappa shape index (κ2) is 7.49. The SMILES string of the molecule is CN(c1ccncc1)c1ccccc1C(=O)Nc1cccc(C(F)(F)F)c1. The summed E-state index contributed by atoms with van der Waals surface area (Å²) in [6, 6.07) is 15.0. The number of carbonyl (C=O) groups excluding carboxylic acids is 1. The molecule has 1 aromatic heterocycles. The lowest BCUT2D eigenvalue weighted by Gasteiger charge is -2.22. The first-order valence-electron chi connectivity index (χ1n) is 8.07. The normalized spacial score (nSPS) is 11.1. The van der Waals surface area contributed by atoms with Crippen molar-refractivity contribution in [2.45, 2.75) is 6.18 Å². The zero-order valence-electron chi connectivity index (χ0n) is 14.4. The molecule has 4 nitrogen and oxygen atoms in total. The summed E-state index contributed by atoms with van der Waals surface area (Å²) in [6.45, 7) is 0. The number of pyridine rings is 1. The second-order valence-corrected chi connectivity index (χ2v) is 5.81. The number of nitrogens with zero attached hydrogens (tertiary/aromatic N) is 2. The summed E-state index contributed by atoms with van der Waals surface area (Å²) < 4.78 is 38.6. The summed E-state index contributed by atoms with van der Waals surface area (Å²) in [5.41, 5.74) is 1.05. The van der Waals surface area contributed by atoms with Crippen molar-refractivity contribution in [1.29, 1.82) is 0 Å². The lowest BCUT2D eigenvalue weighted by Crippen LogP contribution is -2.18. The van der Waals surface area contributed by atoms with Crippen molar-refractivity contribution in [3.8, 4) is 0 Å². The molecule has 1 amide bonds. The van der Waals surface area contributed by atoms with Crippen molar-refractivity contribution in [2.75, 3.05) is 17.3 Å². The lowest BCUT2D eigenvalue weighted by atomic mass is 10.1. The minimum absolute atomic E-state index is 0.0798. The van der Waals surface area contributed by atoms with E-state index in [1.807, 2.05) is 4.90 Å². The Balaban J connectivity index is 1.88. The highest BCUT2D eigenvalue weighted by atomic mass is 19.4. The molecule has 0 fully saturated rings. The molecule has 0 atom stereocenters. The Kier molecular flexibility index (Phi) is 5.12. The monoisotopic (exact) mass is 371 g/mol. The number of halogens is 3. The maximum Gasteiger partial charge on any atom is 0.416 e. The van der Waals surface area contributed by atoms with E-state index in [1.54, 1.807) is 55.8 Å². The van der Waals surface area contributed by atoms with Gasteiger partial charge < -0.3 is 10.2 Å². The second-order valence-electron chi connectivity index (χ2n) is 5.81. The van der Waals surface area contributed by atoms with Crippen LogP contribution in [0.5, 0.6) is 0 Å². The fourth-order valence-electron chi connectivity index (χ4n) is 2.64. The van der Waals surface area contributed by atoms with Gasteiger partial charge in [0.05, 0.1) is 16.8 Å². The average Bonchev–Trinajstić information content (AvgIpc) is 2.67. The first kappa shape index (κ1) is 18.4. The largest absolute Gasteiger partial charge is 0.416 e. The molecular formula is C20H16F3N3O. The van der Waals surface area contributed by atoms with Crippen molar-refractivity contribution < 1.29 is 18.0 Å². The zero-order chi connectivity index (χ0) is 19.4. The fourth-order valence-corrected chi connectivity index (χ4v) is 2.64. The van der Waals surface area contributed by atoms with E-state index in [0.29, 0.717) is 11.3 Å². The van der Waals surface area contributed by atoms with E-state index in [9.17, 15) is 18.0 Å². The standard InChI is InChI=1S/C20H16F3N3O/c1-26(16-9-11-24-12-10-16)18-8-3-2-7-17(18)19(27)25-15-6-4-5-14(13-15)20(21,22)23/h2-13H,1H3,(H,25,27). The van der Waals surface area contributed by atoms with Crippen LogP contribution in [-0.4, -0.2) is 17.9 Å². The third-order valence-electron chi connectivity index (χ3n) is 4.01. The van der Waals surface area contributed by atoms with E-state index >= 15 is 0 Å². The smallest absolute Gasteiger partial charge is 0.344 e. The number of rotatable bonds is 4. The first-order chi connectivity index (χ1) is 12.9. The molecule has 1 heterocycles. The minimum Gasteiger partial charge on any atom is -0.344 e. The van der Waals surface area contributed by atoms with Gasteiger partial charge in [-0.05, 0) is 42.5 Å². The van der Waals surface area contributed by atoms with Crippen LogP contribution >= 0.6 is 0 Å². The van der Waals surface area contributed by atoms with Crippen molar-refractivity contribution in [2.24, 2.45) is 0 Å². The van der Waals surface area contributed by atoms with E-state index in [0.717, 1.165) is 17.8 Å². The van der Waals surface area contributed by atoms with Gasteiger partial charge in [0, 0.05) is 30.8 Å². The van der Waals surface area contributed by atoms with Crippen molar-refractivity contribution in [3.63, 3.8) is 0 Å². The number of nitrogens with one attached hydrogen (secondary N) is 1. The molecule has 7 heteroatoms. The topological polar surface area (TPSA) is 45.2 Å². The van der Waals surface area contributed by atoms with Crippen molar-refractivity contribution in [3.05, 3.63) is 84.2 Å². The minimum atomic E-state index is -4.47. The molecule has 3 aromatic rings. The molecule has 3 rings (SSSR count). The maximum absolute atomic E-state index is 12.9. The molecule has 138 valence electrons. The summed E-state index contributed by atoms with van der Waals surface area (Å²) in [5, 5.41) is 2.54. The third-order valence-corrected chi connectivity index (χ3v) is 4.01. The molecule has 0 saturated carbocycles. The van der Waals surface area contributed by atoms with E-state index in [4.69, 9.17) is 0 Å². The molecule has 0 spiro atoms. The average molecular weight is 371 g/mol. The highest BCUT2D eigenvalue weighted by Gasteiger charge is 2.30. The van der Waals surface area contributed by atoms with E-state index in [1.165, 1.54) is 12.1 Å². The van der Waals surface area contributed by atoms with Crippen LogP contribution in [0, 0.1) is 0 Å². The quantitative estimate of drug-likeness (QED) is 0.692. The number of amides is 1. The molecule has 0 aliphatic heterocycles.